The molecule has 0 aromatic carbocycles. The molecule has 2 N–H and O–H groups in total. The summed E-state index contributed by atoms with van der Waals surface area (Å²) >= 11 is 0. The van der Waals surface area contributed by atoms with Crippen molar-refractivity contribution in [1.29, 1.82) is 0 Å². The maximum atomic E-state index is 11.2. The van der Waals surface area contributed by atoms with Crippen LogP contribution < -0.4 is 0 Å². The average Bonchev–Trinajstić information content (AvgIpc) is 2.16. The number of carboxylic acid groups (broad SMARTS) is 1. The smallest absolute Gasteiger partial charge is 0.408 e. The van der Waals surface area contributed by atoms with Gasteiger partial charge in [-0.25, -0.2) is 9.59 Å². The number of aliphatic hydroxyl groups is 1. The van der Waals surface area contributed by atoms with E-state index in [2.05, 4.69) is 4.74 Å². The maximum absolute atomic E-state index is 11.2. The third-order valence-corrected chi connectivity index (χ3v) is 2.29. The second-order valence-electron chi connectivity index (χ2n) is 3.19. The Kier molecular flexibility index (Phi) is 3.29. The van der Waals surface area contributed by atoms with Gasteiger partial charge in [0, 0.05) is 13.0 Å². The number of esters is 1. The number of carbonyl (C=O) groups excluding carboxylic acids is 1. The van der Waals surface area contributed by atoms with E-state index < -0.39 is 24.2 Å². The molecular weight excluding hydrogens is 190 g/mol. The first-order chi connectivity index (χ1) is 6.56. The molecule has 1 rings (SSSR count). The van der Waals surface area contributed by atoms with Crippen LogP contribution in [0.1, 0.15) is 12.8 Å². The minimum Gasteiger partial charge on any atom is -0.467 e. The Morgan fingerprint density at radius 3 is 2.64 bits per heavy atom. The van der Waals surface area contributed by atoms with E-state index in [-0.39, 0.29) is 13.0 Å². The van der Waals surface area contributed by atoms with E-state index in [1.54, 1.807) is 0 Å². The molecule has 6 heteroatoms. The van der Waals surface area contributed by atoms with Gasteiger partial charge in [-0.1, -0.05) is 0 Å². The van der Waals surface area contributed by atoms with Crippen molar-refractivity contribution in [1.82, 2.24) is 4.90 Å². The molecule has 14 heavy (non-hydrogen) atoms. The van der Waals surface area contributed by atoms with Crippen molar-refractivity contribution in [2.75, 3.05) is 13.7 Å². The number of likely N-dealkylation sites (tertiary alicyclic amines) is 1. The second kappa shape index (κ2) is 4.28. The van der Waals surface area contributed by atoms with Crippen molar-refractivity contribution >= 4 is 12.1 Å². The Labute approximate surface area is 81.1 Å². The molecule has 1 amide bonds. The van der Waals surface area contributed by atoms with E-state index in [1.807, 2.05) is 0 Å². The first kappa shape index (κ1) is 10.8. The van der Waals surface area contributed by atoms with E-state index in [9.17, 15) is 14.7 Å². The van der Waals surface area contributed by atoms with Crippen LogP contribution in [-0.4, -0.2) is 53.0 Å². The van der Waals surface area contributed by atoms with E-state index in [0.29, 0.717) is 6.42 Å². The molecule has 1 fully saturated rings. The maximum Gasteiger partial charge on any atom is 0.408 e. The Bertz CT molecular complexity index is 242. The zero-order valence-corrected chi connectivity index (χ0v) is 7.84. The molecule has 0 bridgehead atoms. The highest BCUT2D eigenvalue weighted by molar-refractivity contribution is 5.81. The zero-order chi connectivity index (χ0) is 10.7. The van der Waals surface area contributed by atoms with Crippen LogP contribution in [0.3, 0.4) is 0 Å². The van der Waals surface area contributed by atoms with Crippen LogP contribution in [0.25, 0.3) is 0 Å². The van der Waals surface area contributed by atoms with E-state index >= 15 is 0 Å². The fourth-order valence-electron chi connectivity index (χ4n) is 1.54. The quantitative estimate of drug-likeness (QED) is 0.569. The fourth-order valence-corrected chi connectivity index (χ4v) is 1.54. The van der Waals surface area contributed by atoms with Crippen LogP contribution in [0.15, 0.2) is 0 Å². The molecule has 80 valence electrons. The van der Waals surface area contributed by atoms with Crippen molar-refractivity contribution in [3.63, 3.8) is 0 Å². The Morgan fingerprint density at radius 2 is 2.14 bits per heavy atom. The van der Waals surface area contributed by atoms with E-state index in [1.165, 1.54) is 7.11 Å². The normalized spacial score (nSPS) is 27.1. The van der Waals surface area contributed by atoms with Crippen molar-refractivity contribution in [3.05, 3.63) is 0 Å². The van der Waals surface area contributed by atoms with Gasteiger partial charge in [-0.3, -0.25) is 4.90 Å². The second-order valence-corrected chi connectivity index (χ2v) is 3.19. The van der Waals surface area contributed by atoms with Crippen molar-refractivity contribution in [2.24, 2.45) is 0 Å². The summed E-state index contributed by atoms with van der Waals surface area (Å²) in [5.74, 6) is -0.619. The number of nitrogens with zero attached hydrogens (tertiary/aromatic N) is 1. The number of carbonyl (C=O) groups is 2. The first-order valence-electron chi connectivity index (χ1n) is 4.31. The number of hydrogen-bond donors (Lipinski definition) is 2. The number of hydrogen-bond acceptors (Lipinski definition) is 4. The molecule has 1 aliphatic heterocycles. The number of aliphatic hydroxyl groups excluding tert-OH is 1. The predicted octanol–water partition coefficient (Wildman–Crippen LogP) is -0.337. The summed E-state index contributed by atoms with van der Waals surface area (Å²) in [7, 11) is 1.20. The SMILES string of the molecule is COC(=O)C1CC(O)CCN1C(=O)O. The van der Waals surface area contributed by atoms with Gasteiger partial charge in [-0.2, -0.15) is 0 Å². The number of rotatable bonds is 1. The standard InChI is InChI=1S/C8H13NO5/c1-14-7(11)6-4-5(10)2-3-9(6)8(12)13/h5-6,10H,2-4H2,1H3,(H,12,13). The van der Waals surface area contributed by atoms with Crippen molar-refractivity contribution < 1.29 is 24.5 Å². The molecule has 0 aliphatic carbocycles. The number of piperidine rings is 1. The number of methoxy groups -OCH3 is 1. The first-order valence-corrected chi connectivity index (χ1v) is 4.31. The zero-order valence-electron chi connectivity index (χ0n) is 7.84. The van der Waals surface area contributed by atoms with Gasteiger partial charge >= 0.3 is 12.1 Å². The lowest BCUT2D eigenvalue weighted by atomic mass is 10.0. The summed E-state index contributed by atoms with van der Waals surface area (Å²) in [6.07, 6.45) is -1.32. The summed E-state index contributed by atoms with van der Waals surface area (Å²) < 4.78 is 4.46. The lowest BCUT2D eigenvalue weighted by Crippen LogP contribution is -2.51. The van der Waals surface area contributed by atoms with Gasteiger partial charge in [-0.15, -0.1) is 0 Å². The number of amides is 1. The Morgan fingerprint density at radius 1 is 1.50 bits per heavy atom. The van der Waals surface area contributed by atoms with Crippen molar-refractivity contribution in [3.8, 4) is 0 Å². The molecule has 2 atom stereocenters. The van der Waals surface area contributed by atoms with Crippen LogP contribution in [-0.2, 0) is 9.53 Å². The summed E-state index contributed by atoms with van der Waals surface area (Å²) in [6, 6.07) is -0.874. The predicted molar refractivity (Wildman–Crippen MR) is 45.8 cm³/mol. The molecule has 0 aromatic heterocycles. The van der Waals surface area contributed by atoms with Crippen LogP contribution in [0.2, 0.25) is 0 Å². The average molecular weight is 203 g/mol. The highest BCUT2D eigenvalue weighted by atomic mass is 16.5. The van der Waals surface area contributed by atoms with E-state index in [0.717, 1.165) is 4.90 Å². The summed E-state index contributed by atoms with van der Waals surface area (Å²) in [6.45, 7) is 0.163. The van der Waals surface area contributed by atoms with Crippen LogP contribution in [0.5, 0.6) is 0 Å². The topological polar surface area (TPSA) is 87.1 Å². The molecule has 0 aromatic rings. The van der Waals surface area contributed by atoms with Gasteiger partial charge in [0.25, 0.3) is 0 Å². The molecule has 2 unspecified atom stereocenters. The molecule has 1 aliphatic rings. The van der Waals surface area contributed by atoms with Crippen molar-refractivity contribution in [2.45, 2.75) is 25.0 Å². The third kappa shape index (κ3) is 2.14. The van der Waals surface area contributed by atoms with Crippen LogP contribution in [0.4, 0.5) is 4.79 Å². The van der Waals surface area contributed by atoms with Gasteiger partial charge in [0.1, 0.15) is 6.04 Å². The lowest BCUT2D eigenvalue weighted by molar-refractivity contribution is -0.149. The van der Waals surface area contributed by atoms with Gasteiger partial charge in [-0.05, 0) is 6.42 Å². The monoisotopic (exact) mass is 203 g/mol. The number of ether oxygens (including phenoxy) is 1. The van der Waals surface area contributed by atoms with Gasteiger partial charge < -0.3 is 14.9 Å². The highest BCUT2D eigenvalue weighted by Crippen LogP contribution is 2.18. The van der Waals surface area contributed by atoms with Gasteiger partial charge in [0.2, 0.25) is 0 Å². The third-order valence-electron chi connectivity index (χ3n) is 2.29. The van der Waals surface area contributed by atoms with Crippen LogP contribution in [0, 0.1) is 0 Å². The van der Waals surface area contributed by atoms with Gasteiger partial charge in [0.05, 0.1) is 13.2 Å². The molecule has 1 heterocycles. The summed E-state index contributed by atoms with van der Waals surface area (Å²) in [5, 5.41) is 18.1. The van der Waals surface area contributed by atoms with E-state index in [4.69, 9.17) is 5.11 Å². The molecular formula is C8H13NO5. The summed E-state index contributed by atoms with van der Waals surface area (Å²) in [4.78, 5) is 22.9. The largest absolute Gasteiger partial charge is 0.467 e. The minimum absolute atomic E-state index is 0.110. The lowest BCUT2D eigenvalue weighted by Gasteiger charge is -2.33. The molecule has 0 spiro atoms. The molecule has 0 saturated carbocycles. The summed E-state index contributed by atoms with van der Waals surface area (Å²) in [5.41, 5.74) is 0. The van der Waals surface area contributed by atoms with Gasteiger partial charge in [0.15, 0.2) is 0 Å². The Hall–Kier alpha value is -1.30. The molecule has 1 saturated heterocycles. The minimum atomic E-state index is -1.16. The molecule has 6 nitrogen and oxygen atoms in total. The Balaban J connectivity index is 2.73. The van der Waals surface area contributed by atoms with Crippen LogP contribution >= 0.6 is 0 Å². The molecule has 0 radical (unpaired) electrons. The highest BCUT2D eigenvalue weighted by Gasteiger charge is 2.36. The fraction of sp³-hybridized carbons (Fsp3) is 0.750.